The molecular formula is C16H15Cl3N6O3S. The van der Waals surface area contributed by atoms with E-state index in [1.807, 2.05) is 0 Å². The number of nitrogens with zero attached hydrogens (tertiary/aromatic N) is 5. The Labute approximate surface area is 181 Å². The highest BCUT2D eigenvalue weighted by Gasteiger charge is 2.30. The maximum absolute atomic E-state index is 11.3. The van der Waals surface area contributed by atoms with E-state index in [9.17, 15) is 13.5 Å². The molecule has 0 saturated carbocycles. The van der Waals surface area contributed by atoms with E-state index in [-0.39, 0.29) is 18.1 Å². The number of pyridine rings is 1. The fourth-order valence-electron chi connectivity index (χ4n) is 2.61. The van der Waals surface area contributed by atoms with Gasteiger partial charge in [-0.15, -0.1) is 10.2 Å². The Morgan fingerprint density at radius 2 is 1.97 bits per heavy atom. The van der Waals surface area contributed by atoms with Gasteiger partial charge in [0.2, 0.25) is 15.8 Å². The third-order valence-corrected chi connectivity index (χ3v) is 5.87. The van der Waals surface area contributed by atoms with Crippen molar-refractivity contribution in [1.82, 2.24) is 25.2 Å². The van der Waals surface area contributed by atoms with Crippen LogP contribution >= 0.6 is 34.8 Å². The summed E-state index contributed by atoms with van der Waals surface area (Å²) in [4.78, 5) is 5.53. The summed E-state index contributed by atoms with van der Waals surface area (Å²) < 4.78 is 22.7. The van der Waals surface area contributed by atoms with E-state index in [1.165, 1.54) is 23.9 Å². The van der Waals surface area contributed by atoms with Crippen molar-refractivity contribution in [2.45, 2.75) is 19.1 Å². The van der Waals surface area contributed by atoms with Crippen molar-refractivity contribution < 1.29 is 13.5 Å². The van der Waals surface area contributed by atoms with Gasteiger partial charge in [-0.25, -0.2) is 18.5 Å². The van der Waals surface area contributed by atoms with Gasteiger partial charge in [-0.05, 0) is 42.0 Å². The molecule has 1 aromatic carbocycles. The van der Waals surface area contributed by atoms with Gasteiger partial charge < -0.3 is 5.11 Å². The Balaban J connectivity index is 1.88. The standard InChI is InChI=1S/C16H15Cl3N6O3S/c1-16(26,8-29(20,27)28)13-4-2-3-12(21-13)15-22-24-25(23-15)7-9-5-10(17)6-11(18)14(9)19/h2-6,26H,7-8H2,1H3,(H2,20,27,28)/t16-/m0/s1. The molecule has 0 unspecified atom stereocenters. The third-order valence-electron chi connectivity index (χ3n) is 3.85. The summed E-state index contributed by atoms with van der Waals surface area (Å²) in [6.45, 7) is 1.47. The van der Waals surface area contributed by atoms with Crippen LogP contribution < -0.4 is 5.14 Å². The number of aliphatic hydroxyl groups is 1. The van der Waals surface area contributed by atoms with Crippen LogP contribution in [0.15, 0.2) is 30.3 Å². The maximum atomic E-state index is 11.3. The molecule has 0 bridgehead atoms. The summed E-state index contributed by atoms with van der Waals surface area (Å²) >= 11 is 18.2. The summed E-state index contributed by atoms with van der Waals surface area (Å²) in [6.07, 6.45) is 0. The Morgan fingerprint density at radius 3 is 2.66 bits per heavy atom. The first-order chi connectivity index (χ1) is 13.4. The zero-order valence-electron chi connectivity index (χ0n) is 14.9. The Morgan fingerprint density at radius 1 is 1.24 bits per heavy atom. The lowest BCUT2D eigenvalue weighted by Gasteiger charge is -2.21. The monoisotopic (exact) mass is 476 g/mol. The lowest BCUT2D eigenvalue weighted by molar-refractivity contribution is 0.0773. The number of aromatic nitrogens is 5. The summed E-state index contributed by atoms with van der Waals surface area (Å²) in [5, 5.41) is 28.7. The van der Waals surface area contributed by atoms with Gasteiger partial charge in [0.05, 0.1) is 28.0 Å². The van der Waals surface area contributed by atoms with E-state index in [2.05, 4.69) is 20.4 Å². The molecule has 0 spiro atoms. The van der Waals surface area contributed by atoms with Gasteiger partial charge in [0.15, 0.2) is 0 Å². The number of primary sulfonamides is 1. The smallest absolute Gasteiger partial charge is 0.223 e. The van der Waals surface area contributed by atoms with E-state index < -0.39 is 21.4 Å². The van der Waals surface area contributed by atoms with Crippen LogP contribution in [-0.4, -0.2) is 44.5 Å². The highest BCUT2D eigenvalue weighted by molar-refractivity contribution is 7.89. The number of benzene rings is 1. The molecule has 0 aliphatic carbocycles. The van der Waals surface area contributed by atoms with Crippen molar-refractivity contribution in [3.05, 3.63) is 56.7 Å². The maximum Gasteiger partial charge on any atom is 0.223 e. The minimum atomic E-state index is -3.92. The van der Waals surface area contributed by atoms with Crippen LogP contribution in [0, 0.1) is 0 Å². The number of rotatable bonds is 6. The van der Waals surface area contributed by atoms with Crippen molar-refractivity contribution in [1.29, 1.82) is 0 Å². The van der Waals surface area contributed by atoms with Gasteiger partial charge in [0, 0.05) is 5.02 Å². The fourth-order valence-corrected chi connectivity index (χ4v) is 4.25. The van der Waals surface area contributed by atoms with Crippen LogP contribution in [0.1, 0.15) is 18.2 Å². The predicted molar refractivity (Wildman–Crippen MR) is 109 cm³/mol. The Kier molecular flexibility index (Phi) is 6.13. The molecule has 0 amide bonds. The lowest BCUT2D eigenvalue weighted by atomic mass is 10.0. The Bertz CT molecular complexity index is 1170. The number of hydrogen-bond acceptors (Lipinski definition) is 7. The molecule has 2 aromatic heterocycles. The van der Waals surface area contributed by atoms with Gasteiger partial charge in [0.1, 0.15) is 11.3 Å². The first-order valence-electron chi connectivity index (χ1n) is 8.06. The second-order valence-electron chi connectivity index (χ2n) is 6.49. The zero-order chi connectivity index (χ0) is 21.4. The summed E-state index contributed by atoms with van der Waals surface area (Å²) in [5.74, 6) is -0.521. The van der Waals surface area contributed by atoms with Crippen LogP contribution in [0.4, 0.5) is 0 Å². The normalized spacial score (nSPS) is 14.0. The Hall–Kier alpha value is -1.82. The van der Waals surface area contributed by atoms with Crippen LogP contribution in [0.25, 0.3) is 11.5 Å². The van der Waals surface area contributed by atoms with Crippen LogP contribution in [0.2, 0.25) is 15.1 Å². The number of sulfonamides is 1. The zero-order valence-corrected chi connectivity index (χ0v) is 18.0. The van der Waals surface area contributed by atoms with Crippen LogP contribution in [-0.2, 0) is 22.2 Å². The number of tetrazole rings is 1. The molecule has 3 rings (SSSR count). The average Bonchev–Trinajstić information content (AvgIpc) is 3.06. The molecule has 3 aromatic rings. The van der Waals surface area contributed by atoms with E-state index >= 15 is 0 Å². The molecule has 0 fully saturated rings. The lowest BCUT2D eigenvalue weighted by Crippen LogP contribution is -2.35. The van der Waals surface area contributed by atoms with Crippen molar-refractivity contribution in [3.8, 4) is 11.5 Å². The van der Waals surface area contributed by atoms with Gasteiger partial charge >= 0.3 is 0 Å². The van der Waals surface area contributed by atoms with Crippen molar-refractivity contribution in [2.75, 3.05) is 5.75 Å². The molecule has 1 atom stereocenters. The quantitative estimate of drug-likeness (QED) is 0.519. The van der Waals surface area contributed by atoms with Crippen LogP contribution in [0.3, 0.4) is 0 Å². The molecule has 29 heavy (non-hydrogen) atoms. The minimum absolute atomic E-state index is 0.102. The molecule has 9 nitrogen and oxygen atoms in total. The summed E-state index contributed by atoms with van der Waals surface area (Å²) in [7, 11) is -3.92. The first-order valence-corrected chi connectivity index (χ1v) is 10.9. The highest BCUT2D eigenvalue weighted by Crippen LogP contribution is 2.30. The number of nitrogens with two attached hydrogens (primary N) is 1. The fraction of sp³-hybridized carbons (Fsp3) is 0.250. The van der Waals surface area contributed by atoms with Crippen molar-refractivity contribution in [2.24, 2.45) is 5.14 Å². The minimum Gasteiger partial charge on any atom is -0.383 e. The molecule has 13 heteroatoms. The SMILES string of the molecule is C[C@](O)(CS(N)(=O)=O)c1cccc(-c2nnn(Cc3cc(Cl)cc(Cl)c3Cl)n2)n1. The predicted octanol–water partition coefficient (Wildman–Crippen LogP) is 2.24. The van der Waals surface area contributed by atoms with Crippen LogP contribution in [0.5, 0.6) is 0 Å². The van der Waals surface area contributed by atoms with E-state index in [4.69, 9.17) is 39.9 Å². The average molecular weight is 478 g/mol. The molecular weight excluding hydrogens is 463 g/mol. The molecule has 0 aliphatic heterocycles. The summed E-state index contributed by atoms with van der Waals surface area (Å²) in [5.41, 5.74) is -0.792. The molecule has 2 heterocycles. The highest BCUT2D eigenvalue weighted by atomic mass is 35.5. The van der Waals surface area contributed by atoms with Gasteiger partial charge in [0.25, 0.3) is 0 Å². The molecule has 3 N–H and O–H groups in total. The topological polar surface area (TPSA) is 137 Å². The largest absolute Gasteiger partial charge is 0.383 e. The molecule has 0 saturated heterocycles. The van der Waals surface area contributed by atoms with Gasteiger partial charge in [-0.2, -0.15) is 4.80 Å². The van der Waals surface area contributed by atoms with E-state index in [0.717, 1.165) is 0 Å². The first kappa shape index (κ1) is 21.9. The van der Waals surface area contributed by atoms with Crippen molar-refractivity contribution >= 4 is 44.8 Å². The van der Waals surface area contributed by atoms with E-state index in [1.54, 1.807) is 18.2 Å². The molecule has 0 aliphatic rings. The third kappa shape index (κ3) is 5.41. The molecule has 0 radical (unpaired) electrons. The van der Waals surface area contributed by atoms with Crippen molar-refractivity contribution in [3.63, 3.8) is 0 Å². The van der Waals surface area contributed by atoms with E-state index in [0.29, 0.717) is 26.3 Å². The number of hydrogen-bond donors (Lipinski definition) is 2. The van der Waals surface area contributed by atoms with Gasteiger partial charge in [-0.1, -0.05) is 40.9 Å². The second-order valence-corrected chi connectivity index (χ2v) is 9.33. The van der Waals surface area contributed by atoms with Gasteiger partial charge in [-0.3, -0.25) is 0 Å². The number of halogens is 3. The molecule has 154 valence electrons. The summed E-state index contributed by atoms with van der Waals surface area (Å²) in [6, 6.07) is 7.83. The second kappa shape index (κ2) is 8.13.